The van der Waals surface area contributed by atoms with Crippen molar-refractivity contribution >= 4 is 30.9 Å². The number of imidazole rings is 1. The highest BCUT2D eigenvalue weighted by atomic mass is 28.3. The van der Waals surface area contributed by atoms with Gasteiger partial charge in [-0.05, 0) is 25.0 Å². The summed E-state index contributed by atoms with van der Waals surface area (Å²) in [5.74, 6) is 0.669. The van der Waals surface area contributed by atoms with Crippen molar-refractivity contribution in [2.75, 3.05) is 32.2 Å². The SMILES string of the molecule is COc1nnccc1Nc1ncc2c(n1)n(C1CCOCC1)c(=O)n2COCC[Si](C)(C)C. The van der Waals surface area contributed by atoms with E-state index in [0.717, 1.165) is 18.9 Å². The standard InChI is InChI=1S/C21H31N7O4Si/c1-30-19-16(5-8-23-26-19)24-20-22-13-17-18(25-20)28(15-6-9-31-10-7-15)21(29)27(17)14-32-11-12-33(2,3)4/h5,8,13,15H,6-7,9-12,14H2,1-4H3,(H,22,23,24,25). The molecule has 1 N–H and O–H groups in total. The van der Waals surface area contributed by atoms with Gasteiger partial charge in [0.2, 0.25) is 5.95 Å². The summed E-state index contributed by atoms with van der Waals surface area (Å²) in [7, 11) is 0.297. The highest BCUT2D eigenvalue weighted by molar-refractivity contribution is 6.76. The second-order valence-corrected chi connectivity index (χ2v) is 14.9. The third-order valence-corrected chi connectivity index (χ3v) is 7.31. The smallest absolute Gasteiger partial charge is 0.332 e. The van der Waals surface area contributed by atoms with E-state index in [-0.39, 0.29) is 18.5 Å². The molecule has 11 nitrogen and oxygen atoms in total. The Labute approximate surface area is 193 Å². The number of rotatable bonds is 9. The molecular weight excluding hydrogens is 442 g/mol. The van der Waals surface area contributed by atoms with E-state index in [1.807, 2.05) is 0 Å². The molecule has 33 heavy (non-hydrogen) atoms. The van der Waals surface area contributed by atoms with Gasteiger partial charge in [0.25, 0.3) is 5.88 Å². The van der Waals surface area contributed by atoms with Crippen molar-refractivity contribution < 1.29 is 14.2 Å². The topological polar surface area (TPSA) is 118 Å². The lowest BCUT2D eigenvalue weighted by atomic mass is 10.1. The molecule has 0 saturated carbocycles. The number of nitrogens with zero attached hydrogens (tertiary/aromatic N) is 6. The number of nitrogens with one attached hydrogen (secondary N) is 1. The predicted molar refractivity (Wildman–Crippen MR) is 127 cm³/mol. The zero-order chi connectivity index (χ0) is 23.4. The minimum Gasteiger partial charge on any atom is -0.478 e. The van der Waals surface area contributed by atoms with Gasteiger partial charge < -0.3 is 19.5 Å². The van der Waals surface area contributed by atoms with Gasteiger partial charge in [0.15, 0.2) is 5.65 Å². The molecular formula is C21H31N7O4Si. The van der Waals surface area contributed by atoms with Gasteiger partial charge in [0.1, 0.15) is 17.9 Å². The Bertz CT molecular complexity index is 1150. The molecule has 1 aliphatic heterocycles. The maximum atomic E-state index is 13.4. The number of aromatic nitrogens is 6. The Morgan fingerprint density at radius 2 is 2.06 bits per heavy atom. The molecule has 1 aliphatic rings. The normalized spacial score (nSPS) is 15.2. The van der Waals surface area contributed by atoms with E-state index in [2.05, 4.69) is 40.1 Å². The summed E-state index contributed by atoms with van der Waals surface area (Å²) in [6.07, 6.45) is 4.72. The van der Waals surface area contributed by atoms with Gasteiger partial charge >= 0.3 is 5.69 Å². The molecule has 3 aromatic heterocycles. The molecule has 0 spiro atoms. The summed E-state index contributed by atoms with van der Waals surface area (Å²) >= 11 is 0. The third-order valence-electron chi connectivity index (χ3n) is 5.61. The van der Waals surface area contributed by atoms with Crippen LogP contribution < -0.4 is 15.7 Å². The van der Waals surface area contributed by atoms with Crippen LogP contribution in [-0.2, 0) is 16.2 Å². The van der Waals surface area contributed by atoms with Crippen LogP contribution >= 0.6 is 0 Å². The lowest BCUT2D eigenvalue weighted by Gasteiger charge is -2.22. The molecule has 4 heterocycles. The molecule has 0 unspecified atom stereocenters. The number of fused-ring (bicyclic) bond motifs is 1. The number of methoxy groups -OCH3 is 1. The lowest BCUT2D eigenvalue weighted by molar-refractivity contribution is 0.0669. The minimum absolute atomic E-state index is 0.0110. The van der Waals surface area contributed by atoms with Crippen molar-refractivity contribution in [3.05, 3.63) is 28.9 Å². The fourth-order valence-corrected chi connectivity index (χ4v) is 4.49. The van der Waals surface area contributed by atoms with E-state index in [1.165, 1.54) is 7.11 Å². The van der Waals surface area contributed by atoms with Crippen molar-refractivity contribution in [2.24, 2.45) is 0 Å². The van der Waals surface area contributed by atoms with Crippen LogP contribution in [0.2, 0.25) is 25.7 Å². The van der Waals surface area contributed by atoms with Gasteiger partial charge in [0.05, 0.1) is 19.5 Å². The van der Waals surface area contributed by atoms with Crippen molar-refractivity contribution in [3.8, 4) is 5.88 Å². The zero-order valence-corrected chi connectivity index (χ0v) is 20.6. The van der Waals surface area contributed by atoms with E-state index in [0.29, 0.717) is 48.5 Å². The third kappa shape index (κ3) is 5.39. The van der Waals surface area contributed by atoms with E-state index >= 15 is 0 Å². The van der Waals surface area contributed by atoms with Gasteiger partial charge in [0, 0.05) is 33.9 Å². The first-order valence-electron chi connectivity index (χ1n) is 11.1. The van der Waals surface area contributed by atoms with E-state index in [1.54, 1.807) is 27.6 Å². The predicted octanol–water partition coefficient (Wildman–Crippen LogP) is 2.80. The van der Waals surface area contributed by atoms with E-state index in [4.69, 9.17) is 19.2 Å². The molecule has 1 saturated heterocycles. The molecule has 1 fully saturated rings. The van der Waals surface area contributed by atoms with Crippen LogP contribution in [0.3, 0.4) is 0 Å². The van der Waals surface area contributed by atoms with Crippen LogP contribution in [0.4, 0.5) is 11.6 Å². The highest BCUT2D eigenvalue weighted by Crippen LogP contribution is 2.26. The maximum Gasteiger partial charge on any atom is 0.332 e. The van der Waals surface area contributed by atoms with Crippen molar-refractivity contribution in [1.29, 1.82) is 0 Å². The molecule has 178 valence electrons. The molecule has 3 aromatic rings. The molecule has 0 bridgehead atoms. The van der Waals surface area contributed by atoms with Crippen LogP contribution in [0.1, 0.15) is 18.9 Å². The average molecular weight is 474 g/mol. The highest BCUT2D eigenvalue weighted by Gasteiger charge is 2.25. The fraction of sp³-hybridized carbons (Fsp3) is 0.571. The molecule has 0 amide bonds. The zero-order valence-electron chi connectivity index (χ0n) is 19.6. The van der Waals surface area contributed by atoms with E-state index < -0.39 is 8.07 Å². The summed E-state index contributed by atoms with van der Waals surface area (Å²) in [6, 6.07) is 2.77. The summed E-state index contributed by atoms with van der Waals surface area (Å²) in [5.41, 5.74) is 1.66. The average Bonchev–Trinajstić information content (AvgIpc) is 3.07. The summed E-state index contributed by atoms with van der Waals surface area (Å²) in [6.45, 7) is 8.94. The van der Waals surface area contributed by atoms with E-state index in [9.17, 15) is 4.79 Å². The summed E-state index contributed by atoms with van der Waals surface area (Å²) in [5, 5.41) is 10.9. The fourth-order valence-electron chi connectivity index (χ4n) is 3.73. The maximum absolute atomic E-state index is 13.4. The van der Waals surface area contributed by atoms with Crippen LogP contribution in [0.25, 0.3) is 11.2 Å². The Balaban J connectivity index is 1.68. The quantitative estimate of drug-likeness (QED) is 0.370. The van der Waals surface area contributed by atoms with Crippen LogP contribution in [0.15, 0.2) is 23.3 Å². The first-order chi connectivity index (χ1) is 15.9. The summed E-state index contributed by atoms with van der Waals surface area (Å²) < 4.78 is 20.0. The van der Waals surface area contributed by atoms with Crippen LogP contribution in [0.5, 0.6) is 5.88 Å². The molecule has 0 atom stereocenters. The Kier molecular flexibility index (Phi) is 7.05. The number of hydrogen-bond donors (Lipinski definition) is 1. The first kappa shape index (κ1) is 23.3. The Morgan fingerprint density at radius 3 is 2.79 bits per heavy atom. The van der Waals surface area contributed by atoms with Crippen LogP contribution in [0, 0.1) is 0 Å². The number of anilines is 2. The summed E-state index contributed by atoms with van der Waals surface area (Å²) in [4.78, 5) is 22.6. The minimum atomic E-state index is -1.22. The second-order valence-electron chi connectivity index (χ2n) is 9.25. The lowest BCUT2D eigenvalue weighted by Crippen LogP contribution is -2.31. The molecule has 4 rings (SSSR count). The first-order valence-corrected chi connectivity index (χ1v) is 14.8. The molecule has 0 aromatic carbocycles. The Hall–Kier alpha value is -2.83. The largest absolute Gasteiger partial charge is 0.478 e. The van der Waals surface area contributed by atoms with Gasteiger partial charge in [-0.15, -0.1) is 5.10 Å². The van der Waals surface area contributed by atoms with Crippen LogP contribution in [-0.4, -0.2) is 64.3 Å². The van der Waals surface area contributed by atoms with Gasteiger partial charge in [-0.3, -0.25) is 9.13 Å². The van der Waals surface area contributed by atoms with Gasteiger partial charge in [-0.1, -0.05) is 19.6 Å². The van der Waals surface area contributed by atoms with Gasteiger partial charge in [-0.25, -0.2) is 9.78 Å². The van der Waals surface area contributed by atoms with Crippen molar-refractivity contribution in [1.82, 2.24) is 29.3 Å². The molecule has 12 heteroatoms. The molecule has 0 radical (unpaired) electrons. The Morgan fingerprint density at radius 1 is 1.27 bits per heavy atom. The van der Waals surface area contributed by atoms with Crippen molar-refractivity contribution in [2.45, 2.75) is 51.3 Å². The number of ether oxygens (including phenoxy) is 3. The second kappa shape index (κ2) is 9.97. The monoisotopic (exact) mass is 473 g/mol. The molecule has 0 aliphatic carbocycles. The number of hydrogen-bond acceptors (Lipinski definition) is 9. The van der Waals surface area contributed by atoms with Gasteiger partial charge in [-0.2, -0.15) is 10.1 Å². The van der Waals surface area contributed by atoms with Crippen molar-refractivity contribution in [3.63, 3.8) is 0 Å².